The number of carbonyl (C=O) groups excluding carboxylic acids is 3. The Labute approximate surface area is 483 Å². The average molecular weight is 1170 g/mol. The van der Waals surface area contributed by atoms with E-state index in [1.807, 2.05) is 69.9 Å². The molecule has 3 aromatic heterocycles. The standard InChI is InChI=1S/C60H72F4N12O6S/c1-31-25-74(19-9-20-81-21-18-47(78)70-54(59(5,6)7)57(80)76-28-39(77)22-45(76)56(79)68-32(2)35-10-12-36(13-11-35)53-33(3)67-30-83-53)46(31)29-82-58-71-52-40(55(72-58)75-26-37-14-15-38(27-75)69-37)23-42(60(62,63)64)50(51(52)61)48-34(4)73(8)44-17-16-43(66)41(24-65)49(44)48/h10-13,16-17,23,30-32,37-39,45-46,54,69,77H,9,14-15,18-22,25-29,66H2,1-8H3,(H,68,79)(H,70,78)/t31-,32+,37?,38?,39-,45+,46-,54-/m1/s1. The van der Waals surface area contributed by atoms with Crippen molar-refractivity contribution < 1.29 is 46.5 Å². The molecule has 6 N–H and O–H groups in total. The Morgan fingerprint density at radius 2 is 1.72 bits per heavy atom. The first kappa shape index (κ1) is 59.2. The molecule has 4 fully saturated rings. The fourth-order valence-corrected chi connectivity index (χ4v) is 13.3. The number of nitrogens with two attached hydrogens (primary N) is 1. The number of benzene rings is 3. The summed E-state index contributed by atoms with van der Waals surface area (Å²) in [6.07, 6.45) is -3.54. The van der Waals surface area contributed by atoms with E-state index in [1.165, 1.54) is 11.0 Å². The van der Waals surface area contributed by atoms with Crippen molar-refractivity contribution in [2.75, 3.05) is 63.2 Å². The van der Waals surface area contributed by atoms with Crippen molar-refractivity contribution in [1.82, 2.24) is 45.3 Å². The molecule has 23 heteroatoms. The van der Waals surface area contributed by atoms with Crippen molar-refractivity contribution in [3.05, 3.63) is 81.9 Å². The van der Waals surface area contributed by atoms with Gasteiger partial charge in [0.1, 0.15) is 36.1 Å². The molecular weight excluding hydrogens is 1090 g/mol. The van der Waals surface area contributed by atoms with E-state index < -0.39 is 64.4 Å². The third-order valence-corrected chi connectivity index (χ3v) is 18.0. The zero-order valence-corrected chi connectivity index (χ0v) is 48.8. The molecule has 4 aliphatic rings. The van der Waals surface area contributed by atoms with Gasteiger partial charge >= 0.3 is 12.2 Å². The number of hydrogen-bond donors (Lipinski definition) is 5. The van der Waals surface area contributed by atoms with Gasteiger partial charge in [-0.15, -0.1) is 11.3 Å². The van der Waals surface area contributed by atoms with Crippen LogP contribution < -0.4 is 31.3 Å². The molecule has 4 saturated heterocycles. The van der Waals surface area contributed by atoms with Crippen LogP contribution in [0.25, 0.3) is 43.4 Å². The largest absolute Gasteiger partial charge is 0.462 e. The van der Waals surface area contributed by atoms with Gasteiger partial charge in [-0.3, -0.25) is 19.3 Å². The van der Waals surface area contributed by atoms with Crippen LogP contribution in [0.5, 0.6) is 6.01 Å². The SMILES string of the molecule is Cc1ncsc1-c1ccc([C@H](C)NC(=O)[C@@H]2C[C@@H](O)CN2C(=O)[C@@H](NC(=O)CCOCCCN2C[C@@H](C)[C@H]2COc2nc(N3CC4CCC(C3)N4)c3cc(C(F)(F)F)c(-c4c(C)n(C)c5ccc(N)c(C#N)c45)c(F)c3n2)C(C)(C)C)cc1. The molecule has 7 heterocycles. The van der Waals surface area contributed by atoms with Gasteiger partial charge in [-0.05, 0) is 80.7 Å². The van der Waals surface area contributed by atoms with E-state index in [-0.39, 0.29) is 108 Å². The second-order valence-electron chi connectivity index (χ2n) is 23.9. The average Bonchev–Trinajstić information content (AvgIpc) is 3.59. The number of aliphatic hydroxyl groups is 1. The lowest BCUT2D eigenvalue weighted by atomic mass is 9.85. The summed E-state index contributed by atoms with van der Waals surface area (Å²) >= 11 is 1.56. The zero-order valence-electron chi connectivity index (χ0n) is 48.0. The summed E-state index contributed by atoms with van der Waals surface area (Å²) in [5, 5.41) is 30.4. The maximum Gasteiger partial charge on any atom is 0.417 e. The summed E-state index contributed by atoms with van der Waals surface area (Å²) in [7, 11) is 1.64. The molecule has 0 spiro atoms. The van der Waals surface area contributed by atoms with E-state index in [4.69, 9.17) is 20.2 Å². The monoisotopic (exact) mass is 1160 g/mol. The van der Waals surface area contributed by atoms with Crippen molar-refractivity contribution >= 4 is 62.4 Å². The zero-order chi connectivity index (χ0) is 59.4. The molecule has 8 atom stereocenters. The number of thiazole rings is 1. The van der Waals surface area contributed by atoms with Crippen LogP contribution in [-0.4, -0.2) is 141 Å². The molecule has 4 aliphatic heterocycles. The molecule has 442 valence electrons. The Bertz CT molecular complexity index is 3470. The predicted octanol–water partition coefficient (Wildman–Crippen LogP) is 7.95. The number of nitrogens with one attached hydrogen (secondary N) is 3. The minimum absolute atomic E-state index is 0.0256. The number of aryl methyl sites for hydroxylation is 2. The molecule has 0 aliphatic carbocycles. The van der Waals surface area contributed by atoms with Gasteiger partial charge in [0.15, 0.2) is 5.82 Å². The molecule has 2 unspecified atom stereocenters. The highest BCUT2D eigenvalue weighted by Gasteiger charge is 2.46. The van der Waals surface area contributed by atoms with Crippen LogP contribution in [0, 0.1) is 42.3 Å². The lowest BCUT2D eigenvalue weighted by Crippen LogP contribution is -2.58. The molecule has 83 heavy (non-hydrogen) atoms. The number of ether oxygens (including phenoxy) is 2. The van der Waals surface area contributed by atoms with E-state index in [1.54, 1.807) is 41.5 Å². The van der Waals surface area contributed by atoms with Crippen molar-refractivity contribution in [2.24, 2.45) is 18.4 Å². The third-order valence-electron chi connectivity index (χ3n) is 17.1. The Morgan fingerprint density at radius 1 is 1.00 bits per heavy atom. The lowest BCUT2D eigenvalue weighted by molar-refractivity contribution is -0.144. The Kier molecular flexibility index (Phi) is 16.8. The fourth-order valence-electron chi connectivity index (χ4n) is 12.5. The molecule has 0 saturated carbocycles. The first-order chi connectivity index (χ1) is 39.4. The number of carbonyl (C=O) groups is 3. The Balaban J connectivity index is 0.765. The second kappa shape index (κ2) is 23.6. The van der Waals surface area contributed by atoms with Gasteiger partial charge in [0.2, 0.25) is 17.7 Å². The summed E-state index contributed by atoms with van der Waals surface area (Å²) in [5.41, 5.74) is 8.42. The van der Waals surface area contributed by atoms with Gasteiger partial charge in [0.05, 0.1) is 57.2 Å². The van der Waals surface area contributed by atoms with Gasteiger partial charge in [0, 0.05) is 105 Å². The van der Waals surface area contributed by atoms with Crippen molar-refractivity contribution in [3.63, 3.8) is 0 Å². The second-order valence-corrected chi connectivity index (χ2v) is 24.7. The molecule has 0 radical (unpaired) electrons. The number of anilines is 2. The number of nitrogens with zero attached hydrogens (tertiary/aromatic N) is 8. The third kappa shape index (κ3) is 11.9. The first-order valence-electron chi connectivity index (χ1n) is 28.3. The quantitative estimate of drug-likeness (QED) is 0.0313. The Hall–Kier alpha value is -6.97. The maximum absolute atomic E-state index is 17.6. The molecule has 10 rings (SSSR count). The molecule has 3 aromatic carbocycles. The van der Waals surface area contributed by atoms with E-state index in [9.17, 15) is 24.8 Å². The van der Waals surface area contributed by atoms with Gasteiger partial charge < -0.3 is 50.6 Å². The van der Waals surface area contributed by atoms with Gasteiger partial charge in [0.25, 0.3) is 0 Å². The number of amides is 3. The van der Waals surface area contributed by atoms with Gasteiger partial charge in [-0.25, -0.2) is 9.37 Å². The van der Waals surface area contributed by atoms with Crippen LogP contribution in [0.4, 0.5) is 29.1 Å². The number of halogens is 4. The van der Waals surface area contributed by atoms with E-state index in [0.29, 0.717) is 43.9 Å². The highest BCUT2D eigenvalue weighted by atomic mass is 32.1. The molecule has 18 nitrogen and oxygen atoms in total. The molecular formula is C60H72F4N12O6S. The van der Waals surface area contributed by atoms with E-state index in [0.717, 1.165) is 47.2 Å². The Morgan fingerprint density at radius 3 is 2.37 bits per heavy atom. The molecule has 2 bridgehead atoms. The summed E-state index contributed by atoms with van der Waals surface area (Å²) in [6, 6.07) is 11.5. The summed E-state index contributed by atoms with van der Waals surface area (Å²) in [6.45, 7) is 15.7. The van der Waals surface area contributed by atoms with E-state index >= 15 is 17.6 Å². The number of rotatable bonds is 18. The van der Waals surface area contributed by atoms with Crippen LogP contribution in [0.3, 0.4) is 0 Å². The summed E-state index contributed by atoms with van der Waals surface area (Å²) in [5.74, 6) is -2.14. The highest BCUT2D eigenvalue weighted by Crippen LogP contribution is 2.48. The fraction of sp³-hybridized carbons (Fsp3) is 0.517. The van der Waals surface area contributed by atoms with Crippen LogP contribution >= 0.6 is 11.3 Å². The smallest absolute Gasteiger partial charge is 0.417 e. The number of alkyl halides is 3. The number of nitrogen functional groups attached to an aromatic ring is 1. The van der Waals surface area contributed by atoms with E-state index in [2.05, 4.69) is 37.7 Å². The minimum Gasteiger partial charge on any atom is -0.462 e. The number of aliphatic hydroxyl groups excluding tert-OH is 1. The number of nitriles is 1. The van der Waals surface area contributed by atoms with Crippen molar-refractivity contribution in [1.29, 1.82) is 5.26 Å². The van der Waals surface area contributed by atoms with Crippen LogP contribution in [-0.2, 0) is 32.3 Å². The minimum atomic E-state index is -5.02. The number of β-amino-alcohol motifs (C(OH)–C–C–N with tert-alkyl or cyclic N) is 1. The number of likely N-dealkylation sites (tertiary alicyclic amines) is 2. The number of aromatic nitrogens is 4. The molecule has 3 amide bonds. The topological polar surface area (TPSA) is 229 Å². The number of piperazine rings is 1. The first-order valence-corrected chi connectivity index (χ1v) is 29.2. The maximum atomic E-state index is 17.6. The van der Waals surface area contributed by atoms with Crippen LogP contribution in [0.1, 0.15) is 101 Å². The predicted molar refractivity (Wildman–Crippen MR) is 309 cm³/mol. The number of fused-ring (bicyclic) bond motifs is 4. The molecule has 6 aromatic rings. The lowest BCUT2D eigenvalue weighted by Gasteiger charge is -2.46. The van der Waals surface area contributed by atoms with Crippen LogP contribution in [0.2, 0.25) is 0 Å². The highest BCUT2D eigenvalue weighted by molar-refractivity contribution is 7.13. The number of hydrogen-bond acceptors (Lipinski definition) is 15. The summed E-state index contributed by atoms with van der Waals surface area (Å²) < 4.78 is 77.7. The van der Waals surface area contributed by atoms with Crippen LogP contribution in [0.15, 0.2) is 48.0 Å². The van der Waals surface area contributed by atoms with Gasteiger partial charge in [-0.2, -0.15) is 28.4 Å². The van der Waals surface area contributed by atoms with Crippen molar-refractivity contribution in [2.45, 2.75) is 129 Å². The van der Waals surface area contributed by atoms with Crippen molar-refractivity contribution in [3.8, 4) is 33.6 Å². The van der Waals surface area contributed by atoms with Gasteiger partial charge in [-0.1, -0.05) is 52.0 Å². The summed E-state index contributed by atoms with van der Waals surface area (Å²) in [4.78, 5) is 61.6. The normalized spacial score (nSPS) is 21.7.